The van der Waals surface area contributed by atoms with E-state index >= 15 is 4.39 Å². The first-order chi connectivity index (χ1) is 17.9. The van der Waals surface area contributed by atoms with Crippen molar-refractivity contribution in [1.82, 2.24) is 0 Å². The Kier molecular flexibility index (Phi) is 7.97. The van der Waals surface area contributed by atoms with Crippen LogP contribution < -0.4 is 4.74 Å². The lowest BCUT2D eigenvalue weighted by molar-refractivity contribution is 0.164. The van der Waals surface area contributed by atoms with Crippen LogP contribution in [0.1, 0.15) is 69.8 Å². The van der Waals surface area contributed by atoms with E-state index in [1.165, 1.54) is 50.7 Å². The topological polar surface area (TPSA) is 9.23 Å². The van der Waals surface area contributed by atoms with Crippen molar-refractivity contribution in [3.8, 4) is 28.0 Å². The molecule has 2 fully saturated rings. The smallest absolute Gasteiger partial charge is 0.201 e. The molecule has 0 atom stereocenters. The monoisotopic (exact) mass is 504 g/mol. The van der Waals surface area contributed by atoms with E-state index in [9.17, 15) is 8.78 Å². The van der Waals surface area contributed by atoms with E-state index in [0.29, 0.717) is 11.5 Å². The van der Waals surface area contributed by atoms with Crippen molar-refractivity contribution < 1.29 is 17.9 Å². The summed E-state index contributed by atoms with van der Waals surface area (Å²) < 4.78 is 49.3. The van der Waals surface area contributed by atoms with E-state index in [2.05, 4.69) is 6.92 Å². The summed E-state index contributed by atoms with van der Waals surface area (Å²) in [6.07, 6.45) is 10.1. The second-order valence-corrected chi connectivity index (χ2v) is 11.1. The van der Waals surface area contributed by atoms with Crippen molar-refractivity contribution in [1.29, 1.82) is 0 Å². The third-order valence-corrected chi connectivity index (χ3v) is 8.82. The van der Waals surface area contributed by atoms with Gasteiger partial charge >= 0.3 is 0 Å². The second kappa shape index (κ2) is 11.4. The summed E-state index contributed by atoms with van der Waals surface area (Å²) >= 11 is 0. The van der Waals surface area contributed by atoms with E-state index in [-0.39, 0.29) is 23.6 Å². The predicted molar refractivity (Wildman–Crippen MR) is 147 cm³/mol. The van der Waals surface area contributed by atoms with Gasteiger partial charge in [0.1, 0.15) is 5.82 Å². The van der Waals surface area contributed by atoms with Gasteiger partial charge in [-0.2, -0.15) is 4.39 Å². The van der Waals surface area contributed by atoms with E-state index in [4.69, 9.17) is 4.74 Å². The fourth-order valence-corrected chi connectivity index (χ4v) is 6.56. The van der Waals surface area contributed by atoms with Crippen LogP contribution in [0.3, 0.4) is 0 Å². The highest BCUT2D eigenvalue weighted by Gasteiger charge is 2.31. The molecule has 0 aromatic heterocycles. The quantitative estimate of drug-likeness (QED) is 0.306. The molecule has 0 radical (unpaired) electrons. The Balaban J connectivity index is 1.26. The maximum absolute atomic E-state index is 15.3. The van der Waals surface area contributed by atoms with Crippen molar-refractivity contribution in [2.45, 2.75) is 64.2 Å². The standard InChI is InChI=1S/C32H36BF3O/c1-20-2-4-21(5-3-20)22-6-10-24(11-7-22)27-15-14-26(18-29(27)34)23-8-12-25(13-9-23)28-16-17-30(37-19-33)32(36)31(28)35/h8-9,12-18,20-22,24H,2-7,10-11,19,33H2,1H3. The highest BCUT2D eigenvalue weighted by molar-refractivity contribution is 6.08. The first-order valence-electron chi connectivity index (χ1n) is 14.0. The molecule has 0 N–H and O–H groups in total. The summed E-state index contributed by atoms with van der Waals surface area (Å²) in [5, 5.41) is 0. The zero-order chi connectivity index (χ0) is 25.9. The number of benzene rings is 3. The molecular formula is C32H36BF3O. The lowest BCUT2D eigenvalue weighted by atomic mass is 9.68. The zero-order valence-electron chi connectivity index (χ0n) is 21.9. The van der Waals surface area contributed by atoms with Crippen LogP contribution in [0, 0.1) is 35.2 Å². The Morgan fingerprint density at radius 1 is 0.703 bits per heavy atom. The summed E-state index contributed by atoms with van der Waals surface area (Å²) in [7, 11) is 1.72. The lowest BCUT2D eigenvalue weighted by Gasteiger charge is -2.37. The van der Waals surface area contributed by atoms with Crippen molar-refractivity contribution >= 4 is 7.85 Å². The number of rotatable bonds is 6. The molecular weight excluding hydrogens is 468 g/mol. The van der Waals surface area contributed by atoms with Gasteiger partial charge in [0.2, 0.25) is 5.82 Å². The molecule has 0 saturated heterocycles. The van der Waals surface area contributed by atoms with E-state index in [1.54, 1.807) is 26.0 Å². The van der Waals surface area contributed by atoms with Crippen molar-refractivity contribution in [3.05, 3.63) is 77.6 Å². The second-order valence-electron chi connectivity index (χ2n) is 11.1. The normalized spacial score (nSPS) is 24.1. The summed E-state index contributed by atoms with van der Waals surface area (Å²) in [6.45, 7) is 2.64. The van der Waals surface area contributed by atoms with Gasteiger partial charge in [-0.05, 0) is 103 Å². The van der Waals surface area contributed by atoms with Crippen LogP contribution in [-0.2, 0) is 0 Å². The Hall–Kier alpha value is -2.69. The van der Waals surface area contributed by atoms with Crippen LogP contribution in [-0.4, -0.2) is 14.4 Å². The van der Waals surface area contributed by atoms with Crippen LogP contribution in [0.2, 0.25) is 0 Å². The molecule has 3 aromatic carbocycles. The van der Waals surface area contributed by atoms with Gasteiger partial charge in [0, 0.05) is 5.56 Å². The molecule has 5 rings (SSSR count). The highest BCUT2D eigenvalue weighted by Crippen LogP contribution is 2.44. The van der Waals surface area contributed by atoms with Gasteiger partial charge in [-0.25, -0.2) is 8.78 Å². The molecule has 3 aromatic rings. The first kappa shape index (κ1) is 25.9. The van der Waals surface area contributed by atoms with E-state index < -0.39 is 11.6 Å². The Morgan fingerprint density at radius 3 is 1.92 bits per heavy atom. The van der Waals surface area contributed by atoms with Gasteiger partial charge in [-0.3, -0.25) is 0 Å². The summed E-state index contributed by atoms with van der Waals surface area (Å²) in [5.74, 6) is 0.730. The molecule has 2 saturated carbocycles. The summed E-state index contributed by atoms with van der Waals surface area (Å²) in [6, 6.07) is 15.7. The maximum Gasteiger partial charge on any atom is 0.201 e. The fraction of sp³-hybridized carbons (Fsp3) is 0.438. The van der Waals surface area contributed by atoms with Gasteiger partial charge in [-0.15, -0.1) is 0 Å². The van der Waals surface area contributed by atoms with Gasteiger partial charge in [0.15, 0.2) is 19.4 Å². The molecule has 37 heavy (non-hydrogen) atoms. The lowest BCUT2D eigenvalue weighted by Crippen LogP contribution is -2.25. The van der Waals surface area contributed by atoms with Crippen LogP contribution in [0.5, 0.6) is 5.75 Å². The van der Waals surface area contributed by atoms with Gasteiger partial charge in [0.25, 0.3) is 0 Å². The molecule has 0 spiro atoms. The average Bonchev–Trinajstić information content (AvgIpc) is 2.92. The molecule has 5 heteroatoms. The maximum atomic E-state index is 15.3. The third-order valence-electron chi connectivity index (χ3n) is 8.82. The minimum atomic E-state index is -0.983. The number of ether oxygens (including phenoxy) is 1. The van der Waals surface area contributed by atoms with Gasteiger partial charge < -0.3 is 4.74 Å². The van der Waals surface area contributed by atoms with Crippen molar-refractivity contribution in [2.24, 2.45) is 17.8 Å². The highest BCUT2D eigenvalue weighted by atomic mass is 19.2. The molecule has 1 nitrogen and oxygen atoms in total. The van der Waals surface area contributed by atoms with E-state index in [1.807, 2.05) is 24.3 Å². The molecule has 0 amide bonds. The zero-order valence-corrected chi connectivity index (χ0v) is 21.9. The summed E-state index contributed by atoms with van der Waals surface area (Å²) in [4.78, 5) is 0. The predicted octanol–water partition coefficient (Wildman–Crippen LogP) is 8.51. The van der Waals surface area contributed by atoms with Crippen LogP contribution >= 0.6 is 0 Å². The Bertz CT molecular complexity index is 1210. The molecule has 2 aliphatic carbocycles. The van der Waals surface area contributed by atoms with Crippen LogP contribution in [0.15, 0.2) is 54.6 Å². The SMILES string of the molecule is BCOc1ccc(-c2ccc(-c3ccc(C4CCC(C5CCC(C)CC5)CC4)c(F)c3)cc2)c(F)c1F. The number of hydrogen-bond donors (Lipinski definition) is 0. The van der Waals surface area contributed by atoms with Crippen molar-refractivity contribution in [3.63, 3.8) is 0 Å². The molecule has 0 aliphatic heterocycles. The Labute approximate surface area is 219 Å². The minimum Gasteiger partial charge on any atom is -0.500 e. The number of halogens is 3. The van der Waals surface area contributed by atoms with Gasteiger partial charge in [0.05, 0.1) is 6.51 Å². The largest absolute Gasteiger partial charge is 0.500 e. The first-order valence-corrected chi connectivity index (χ1v) is 14.0. The summed E-state index contributed by atoms with van der Waals surface area (Å²) in [5.41, 5.74) is 3.20. The molecule has 0 unspecified atom stereocenters. The molecule has 0 heterocycles. The van der Waals surface area contributed by atoms with Crippen molar-refractivity contribution in [2.75, 3.05) is 6.51 Å². The van der Waals surface area contributed by atoms with Crippen LogP contribution in [0.25, 0.3) is 22.3 Å². The fourth-order valence-electron chi connectivity index (χ4n) is 6.56. The third kappa shape index (κ3) is 5.61. The number of hydrogen-bond acceptors (Lipinski definition) is 1. The average molecular weight is 504 g/mol. The molecule has 2 aliphatic rings. The molecule has 194 valence electrons. The Morgan fingerprint density at radius 2 is 1.30 bits per heavy atom. The van der Waals surface area contributed by atoms with E-state index in [0.717, 1.165) is 47.3 Å². The molecule has 0 bridgehead atoms. The van der Waals surface area contributed by atoms with Gasteiger partial charge in [-0.1, -0.05) is 56.2 Å². The van der Waals surface area contributed by atoms with Crippen LogP contribution in [0.4, 0.5) is 13.2 Å². The minimum absolute atomic E-state index is 0.0898.